The molecule has 0 amide bonds. The molecule has 0 atom stereocenters. The van der Waals surface area contributed by atoms with Crippen LogP contribution in [0.5, 0.6) is 0 Å². The van der Waals surface area contributed by atoms with E-state index in [4.69, 9.17) is 11.6 Å². The van der Waals surface area contributed by atoms with Gasteiger partial charge in [-0.1, -0.05) is 16.1 Å². The summed E-state index contributed by atoms with van der Waals surface area (Å²) < 4.78 is 4.91. The zero-order chi connectivity index (χ0) is 10.7. The minimum atomic E-state index is 0.650. The van der Waals surface area contributed by atoms with Gasteiger partial charge >= 0.3 is 0 Å². The fraction of sp³-hybridized carbons (Fsp3) is 0.111. The number of nitrogens with one attached hydrogen (secondary N) is 1. The van der Waals surface area contributed by atoms with Crippen LogP contribution in [0, 0.1) is 3.57 Å². The highest BCUT2D eigenvalue weighted by atomic mass is 127. The Balaban J connectivity index is 2.05. The Kier molecular flexibility index (Phi) is 3.76. The van der Waals surface area contributed by atoms with Crippen molar-refractivity contribution in [1.29, 1.82) is 0 Å². The fourth-order valence-electron chi connectivity index (χ4n) is 1.08. The molecule has 6 heteroatoms. The second kappa shape index (κ2) is 5.09. The summed E-state index contributed by atoms with van der Waals surface area (Å²) in [5.74, 6) is 0. The van der Waals surface area contributed by atoms with Crippen molar-refractivity contribution in [2.75, 3.05) is 5.32 Å². The van der Waals surface area contributed by atoms with Crippen molar-refractivity contribution in [3.05, 3.63) is 37.9 Å². The van der Waals surface area contributed by atoms with Crippen LogP contribution in [0.15, 0.2) is 23.6 Å². The molecule has 1 aromatic heterocycles. The van der Waals surface area contributed by atoms with Gasteiger partial charge in [-0.3, -0.25) is 0 Å². The summed E-state index contributed by atoms with van der Waals surface area (Å²) in [7, 11) is 0. The van der Waals surface area contributed by atoms with E-state index in [0.29, 0.717) is 6.54 Å². The third-order valence-corrected chi connectivity index (χ3v) is 3.33. The van der Waals surface area contributed by atoms with E-state index < -0.39 is 0 Å². The molecule has 78 valence electrons. The highest BCUT2D eigenvalue weighted by Crippen LogP contribution is 2.24. The summed E-state index contributed by atoms with van der Waals surface area (Å²) in [4.78, 5) is 0. The molecule has 2 aromatic rings. The first kappa shape index (κ1) is 11.1. The van der Waals surface area contributed by atoms with E-state index >= 15 is 0 Å². The largest absolute Gasteiger partial charge is 0.378 e. The van der Waals surface area contributed by atoms with E-state index in [-0.39, 0.29) is 0 Å². The Morgan fingerprint density at radius 3 is 3.00 bits per heavy atom. The van der Waals surface area contributed by atoms with Crippen molar-refractivity contribution in [3.63, 3.8) is 0 Å². The van der Waals surface area contributed by atoms with E-state index in [0.717, 1.165) is 20.0 Å². The van der Waals surface area contributed by atoms with Crippen LogP contribution in [-0.4, -0.2) is 9.59 Å². The van der Waals surface area contributed by atoms with Crippen LogP contribution < -0.4 is 5.32 Å². The molecule has 15 heavy (non-hydrogen) atoms. The molecule has 0 aliphatic heterocycles. The average molecular weight is 352 g/mol. The van der Waals surface area contributed by atoms with Gasteiger partial charge in [0.2, 0.25) is 0 Å². The van der Waals surface area contributed by atoms with Crippen molar-refractivity contribution in [2.24, 2.45) is 0 Å². The normalized spacial score (nSPS) is 10.3. The van der Waals surface area contributed by atoms with E-state index in [2.05, 4.69) is 37.5 Å². The van der Waals surface area contributed by atoms with Crippen LogP contribution in [0.25, 0.3) is 0 Å². The Bertz CT molecular complexity index is 447. The zero-order valence-electron chi connectivity index (χ0n) is 7.58. The fourth-order valence-corrected chi connectivity index (χ4v) is 2.45. The highest BCUT2D eigenvalue weighted by molar-refractivity contribution is 14.1. The lowest BCUT2D eigenvalue weighted by Gasteiger charge is -2.06. The average Bonchev–Trinajstić information content (AvgIpc) is 2.69. The lowest BCUT2D eigenvalue weighted by atomic mass is 10.3. The molecule has 0 aliphatic rings. The number of hydrogen-bond acceptors (Lipinski definition) is 4. The number of benzene rings is 1. The SMILES string of the molecule is Clc1cc(I)ccc1NCc1csnn1. The third-order valence-electron chi connectivity index (χ3n) is 1.80. The Hall–Kier alpha value is -0.400. The van der Waals surface area contributed by atoms with Gasteiger partial charge in [0, 0.05) is 8.95 Å². The van der Waals surface area contributed by atoms with Crippen LogP contribution in [0.4, 0.5) is 5.69 Å². The number of halogens is 2. The number of nitrogens with zero attached hydrogens (tertiary/aromatic N) is 2. The van der Waals surface area contributed by atoms with Gasteiger partial charge in [0.1, 0.15) is 0 Å². The van der Waals surface area contributed by atoms with Gasteiger partial charge in [0.15, 0.2) is 0 Å². The molecule has 3 nitrogen and oxygen atoms in total. The molecule has 0 saturated carbocycles. The smallest absolute Gasteiger partial charge is 0.0946 e. The summed E-state index contributed by atoms with van der Waals surface area (Å²) in [6.45, 7) is 0.650. The maximum atomic E-state index is 6.07. The summed E-state index contributed by atoms with van der Waals surface area (Å²) in [5, 5.41) is 9.79. The van der Waals surface area contributed by atoms with Crippen molar-refractivity contribution >= 4 is 51.4 Å². The number of aromatic nitrogens is 2. The molecule has 0 radical (unpaired) electrons. The molecule has 1 N–H and O–H groups in total. The van der Waals surface area contributed by atoms with E-state index in [1.807, 2.05) is 23.6 Å². The molecular weight excluding hydrogens is 345 g/mol. The predicted octanol–water partition coefficient (Wildman–Crippen LogP) is 3.41. The Morgan fingerprint density at radius 1 is 1.47 bits per heavy atom. The van der Waals surface area contributed by atoms with Crippen LogP contribution in [-0.2, 0) is 6.54 Å². The second-order valence-electron chi connectivity index (χ2n) is 2.87. The van der Waals surface area contributed by atoms with Gasteiger partial charge in [-0.25, -0.2) is 0 Å². The summed E-state index contributed by atoms with van der Waals surface area (Å²) in [6, 6.07) is 5.89. The lowest BCUT2D eigenvalue weighted by molar-refractivity contribution is 0.999. The number of hydrogen-bond donors (Lipinski definition) is 1. The molecule has 0 aliphatic carbocycles. The highest BCUT2D eigenvalue weighted by Gasteiger charge is 2.01. The topological polar surface area (TPSA) is 37.8 Å². The standard InChI is InChI=1S/C9H7ClIN3S/c10-8-3-6(11)1-2-9(8)12-4-7-5-15-14-13-7/h1-3,5,12H,4H2. The first-order valence-corrected chi connectivity index (χ1v) is 6.50. The molecular formula is C9H7ClIN3S. The maximum absolute atomic E-state index is 6.07. The molecule has 2 rings (SSSR count). The van der Waals surface area contributed by atoms with Gasteiger partial charge in [-0.15, -0.1) is 5.10 Å². The molecule has 0 bridgehead atoms. The Labute approximate surface area is 110 Å². The predicted molar refractivity (Wildman–Crippen MR) is 71.4 cm³/mol. The van der Waals surface area contributed by atoms with Gasteiger partial charge in [0.05, 0.1) is 22.9 Å². The summed E-state index contributed by atoms with van der Waals surface area (Å²) >= 11 is 9.64. The van der Waals surface area contributed by atoms with Crippen LogP contribution in [0.1, 0.15) is 5.69 Å². The van der Waals surface area contributed by atoms with Gasteiger partial charge < -0.3 is 5.32 Å². The van der Waals surface area contributed by atoms with E-state index in [1.54, 1.807) is 0 Å². The Morgan fingerprint density at radius 2 is 2.33 bits per heavy atom. The van der Waals surface area contributed by atoms with Crippen LogP contribution >= 0.6 is 45.7 Å². The lowest BCUT2D eigenvalue weighted by Crippen LogP contribution is -2.00. The minimum absolute atomic E-state index is 0.650. The molecule has 0 saturated heterocycles. The molecule has 1 heterocycles. The first-order chi connectivity index (χ1) is 7.25. The minimum Gasteiger partial charge on any atom is -0.378 e. The summed E-state index contributed by atoms with van der Waals surface area (Å²) in [5.41, 5.74) is 1.85. The van der Waals surface area contributed by atoms with Crippen molar-refractivity contribution in [2.45, 2.75) is 6.54 Å². The van der Waals surface area contributed by atoms with E-state index in [1.165, 1.54) is 11.5 Å². The van der Waals surface area contributed by atoms with Crippen molar-refractivity contribution in [3.8, 4) is 0 Å². The van der Waals surface area contributed by atoms with Gasteiger partial charge in [0.25, 0.3) is 0 Å². The first-order valence-electron chi connectivity index (χ1n) is 4.20. The maximum Gasteiger partial charge on any atom is 0.0946 e. The number of rotatable bonds is 3. The molecule has 1 aromatic carbocycles. The van der Waals surface area contributed by atoms with Gasteiger partial charge in [-0.05, 0) is 52.3 Å². The second-order valence-corrected chi connectivity index (χ2v) is 5.14. The van der Waals surface area contributed by atoms with E-state index in [9.17, 15) is 0 Å². The van der Waals surface area contributed by atoms with Crippen LogP contribution in [0.3, 0.4) is 0 Å². The van der Waals surface area contributed by atoms with Crippen LogP contribution in [0.2, 0.25) is 5.02 Å². The van der Waals surface area contributed by atoms with Gasteiger partial charge in [-0.2, -0.15) is 0 Å². The van der Waals surface area contributed by atoms with Crippen molar-refractivity contribution in [1.82, 2.24) is 9.59 Å². The molecule has 0 spiro atoms. The third kappa shape index (κ3) is 3.02. The monoisotopic (exact) mass is 351 g/mol. The zero-order valence-corrected chi connectivity index (χ0v) is 11.3. The summed E-state index contributed by atoms with van der Waals surface area (Å²) in [6.07, 6.45) is 0. The molecule has 0 unspecified atom stereocenters. The molecule has 0 fully saturated rings. The number of anilines is 1. The quantitative estimate of drug-likeness (QED) is 0.861. The van der Waals surface area contributed by atoms with Crippen molar-refractivity contribution < 1.29 is 0 Å².